The van der Waals surface area contributed by atoms with Crippen molar-refractivity contribution in [3.63, 3.8) is 0 Å². The molecule has 0 bridgehead atoms. The van der Waals surface area contributed by atoms with Gasteiger partial charge in [-0.15, -0.1) is 0 Å². The molecule has 72 valence electrons. The van der Waals surface area contributed by atoms with Gasteiger partial charge in [0.15, 0.2) is 0 Å². The molecule has 0 saturated heterocycles. The lowest BCUT2D eigenvalue weighted by atomic mass is 9.70. The molecule has 1 unspecified atom stereocenters. The number of hydrogen-bond donors (Lipinski definition) is 2. The van der Waals surface area contributed by atoms with Crippen molar-refractivity contribution >= 4 is 0 Å². The van der Waals surface area contributed by atoms with Gasteiger partial charge >= 0.3 is 0 Å². The summed E-state index contributed by atoms with van der Waals surface area (Å²) in [5, 5.41) is 8.80. The Morgan fingerprint density at radius 2 is 1.92 bits per heavy atom. The van der Waals surface area contributed by atoms with Gasteiger partial charge in [-0.25, -0.2) is 0 Å². The van der Waals surface area contributed by atoms with Crippen molar-refractivity contribution in [2.75, 3.05) is 6.61 Å². The largest absolute Gasteiger partial charge is 0.396 e. The molecule has 1 saturated carbocycles. The number of nitrogens with two attached hydrogens (primary N) is 1. The Kier molecular flexibility index (Phi) is 3.53. The van der Waals surface area contributed by atoms with Gasteiger partial charge in [-0.05, 0) is 24.7 Å². The molecule has 2 heteroatoms. The zero-order chi connectivity index (χ0) is 9.03. The molecule has 0 amide bonds. The Bertz CT molecular complexity index is 130. The van der Waals surface area contributed by atoms with E-state index in [0.717, 1.165) is 6.42 Å². The Labute approximate surface area is 75.2 Å². The van der Waals surface area contributed by atoms with E-state index in [-0.39, 0.29) is 12.6 Å². The number of aliphatic hydroxyl groups excluding tert-OH is 1. The van der Waals surface area contributed by atoms with E-state index in [1.165, 1.54) is 32.1 Å². The van der Waals surface area contributed by atoms with Gasteiger partial charge in [-0.3, -0.25) is 0 Å². The standard InChI is InChI=1S/C10H21NO/c1-10(9(11)5-8-12)6-3-2-4-7-10/h9,12H,2-8,11H2,1H3. The fourth-order valence-electron chi connectivity index (χ4n) is 2.22. The van der Waals surface area contributed by atoms with Crippen molar-refractivity contribution in [2.45, 2.75) is 51.5 Å². The van der Waals surface area contributed by atoms with Crippen molar-refractivity contribution in [3.05, 3.63) is 0 Å². The van der Waals surface area contributed by atoms with E-state index < -0.39 is 0 Å². The molecule has 12 heavy (non-hydrogen) atoms. The van der Waals surface area contributed by atoms with Crippen LogP contribution in [0, 0.1) is 5.41 Å². The highest BCUT2D eigenvalue weighted by molar-refractivity contribution is 4.87. The summed E-state index contributed by atoms with van der Waals surface area (Å²) in [7, 11) is 0. The highest BCUT2D eigenvalue weighted by atomic mass is 16.3. The Morgan fingerprint density at radius 1 is 1.33 bits per heavy atom. The highest BCUT2D eigenvalue weighted by Crippen LogP contribution is 2.38. The lowest BCUT2D eigenvalue weighted by Crippen LogP contribution is -2.41. The first-order valence-corrected chi connectivity index (χ1v) is 5.05. The van der Waals surface area contributed by atoms with Crippen LogP contribution < -0.4 is 5.73 Å². The predicted octanol–water partition coefficient (Wildman–Crippen LogP) is 1.67. The van der Waals surface area contributed by atoms with Crippen molar-refractivity contribution in [1.82, 2.24) is 0 Å². The first-order chi connectivity index (χ1) is 5.69. The van der Waals surface area contributed by atoms with Gasteiger partial charge in [-0.2, -0.15) is 0 Å². The zero-order valence-electron chi connectivity index (χ0n) is 8.05. The molecule has 2 nitrogen and oxygen atoms in total. The topological polar surface area (TPSA) is 46.2 Å². The number of aliphatic hydroxyl groups is 1. The molecule has 1 fully saturated rings. The van der Waals surface area contributed by atoms with Gasteiger partial charge in [-0.1, -0.05) is 26.2 Å². The molecule has 0 aromatic heterocycles. The Morgan fingerprint density at radius 3 is 2.42 bits per heavy atom. The van der Waals surface area contributed by atoms with Crippen LogP contribution in [0.25, 0.3) is 0 Å². The second kappa shape index (κ2) is 4.24. The third kappa shape index (κ3) is 2.20. The second-order valence-corrected chi connectivity index (χ2v) is 4.33. The van der Waals surface area contributed by atoms with Crippen molar-refractivity contribution in [2.24, 2.45) is 11.1 Å². The average molecular weight is 171 g/mol. The summed E-state index contributed by atoms with van der Waals surface area (Å²) < 4.78 is 0. The van der Waals surface area contributed by atoms with Crippen molar-refractivity contribution in [3.8, 4) is 0 Å². The van der Waals surface area contributed by atoms with Gasteiger partial charge < -0.3 is 10.8 Å². The fourth-order valence-corrected chi connectivity index (χ4v) is 2.22. The Balaban J connectivity index is 2.44. The van der Waals surface area contributed by atoms with Crippen LogP contribution in [-0.2, 0) is 0 Å². The van der Waals surface area contributed by atoms with E-state index in [2.05, 4.69) is 6.92 Å². The molecule has 1 aliphatic carbocycles. The van der Waals surface area contributed by atoms with Crippen LogP contribution >= 0.6 is 0 Å². The number of hydrogen-bond acceptors (Lipinski definition) is 2. The molecule has 1 rings (SSSR count). The van der Waals surface area contributed by atoms with Gasteiger partial charge in [0.05, 0.1) is 0 Å². The van der Waals surface area contributed by atoms with Gasteiger partial charge in [0.2, 0.25) is 0 Å². The van der Waals surface area contributed by atoms with E-state index in [1.54, 1.807) is 0 Å². The lowest BCUT2D eigenvalue weighted by Gasteiger charge is -2.38. The maximum absolute atomic E-state index is 8.80. The summed E-state index contributed by atoms with van der Waals surface area (Å²) in [5.41, 5.74) is 6.34. The smallest absolute Gasteiger partial charge is 0.0445 e. The molecule has 1 atom stereocenters. The van der Waals surface area contributed by atoms with E-state index in [9.17, 15) is 0 Å². The second-order valence-electron chi connectivity index (χ2n) is 4.33. The minimum atomic E-state index is 0.197. The summed E-state index contributed by atoms with van der Waals surface area (Å²) in [6.07, 6.45) is 7.24. The summed E-state index contributed by atoms with van der Waals surface area (Å²) >= 11 is 0. The van der Waals surface area contributed by atoms with Gasteiger partial charge in [0.1, 0.15) is 0 Å². The van der Waals surface area contributed by atoms with Crippen LogP contribution in [0.1, 0.15) is 45.4 Å². The van der Waals surface area contributed by atoms with Gasteiger partial charge in [0, 0.05) is 12.6 Å². The van der Waals surface area contributed by atoms with Crippen LogP contribution in [0.5, 0.6) is 0 Å². The SMILES string of the molecule is CC1(C(N)CCO)CCCCC1. The molecule has 0 heterocycles. The normalized spacial score (nSPS) is 25.2. The molecule has 1 aliphatic rings. The summed E-state index contributed by atoms with van der Waals surface area (Å²) in [6.45, 7) is 2.50. The van der Waals surface area contributed by atoms with Crippen LogP contribution in [-0.4, -0.2) is 17.8 Å². The predicted molar refractivity (Wildman–Crippen MR) is 50.9 cm³/mol. The third-order valence-electron chi connectivity index (χ3n) is 3.33. The van der Waals surface area contributed by atoms with E-state index in [4.69, 9.17) is 10.8 Å². The van der Waals surface area contributed by atoms with Crippen LogP contribution in [0.15, 0.2) is 0 Å². The van der Waals surface area contributed by atoms with Gasteiger partial charge in [0.25, 0.3) is 0 Å². The zero-order valence-corrected chi connectivity index (χ0v) is 8.05. The average Bonchev–Trinajstić information content (AvgIpc) is 2.06. The minimum Gasteiger partial charge on any atom is -0.396 e. The van der Waals surface area contributed by atoms with Crippen LogP contribution in [0.4, 0.5) is 0 Å². The maximum Gasteiger partial charge on any atom is 0.0445 e. The molecular weight excluding hydrogens is 150 g/mol. The monoisotopic (exact) mass is 171 g/mol. The first-order valence-electron chi connectivity index (χ1n) is 5.05. The molecule has 3 N–H and O–H groups in total. The van der Waals surface area contributed by atoms with Crippen molar-refractivity contribution in [1.29, 1.82) is 0 Å². The van der Waals surface area contributed by atoms with Crippen LogP contribution in [0.3, 0.4) is 0 Å². The third-order valence-corrected chi connectivity index (χ3v) is 3.33. The van der Waals surface area contributed by atoms with E-state index >= 15 is 0 Å². The number of rotatable bonds is 3. The quantitative estimate of drug-likeness (QED) is 0.678. The molecular formula is C10H21NO. The Hall–Kier alpha value is -0.0800. The highest BCUT2D eigenvalue weighted by Gasteiger charge is 2.32. The summed E-state index contributed by atoms with van der Waals surface area (Å²) in [5.74, 6) is 0. The minimum absolute atomic E-state index is 0.197. The molecule has 0 aliphatic heterocycles. The molecule has 0 aromatic rings. The van der Waals surface area contributed by atoms with Crippen LogP contribution in [0.2, 0.25) is 0 Å². The molecule has 0 spiro atoms. The summed E-state index contributed by atoms with van der Waals surface area (Å²) in [4.78, 5) is 0. The maximum atomic E-state index is 8.80. The lowest BCUT2D eigenvalue weighted by molar-refractivity contribution is 0.143. The first kappa shape index (κ1) is 10.0. The van der Waals surface area contributed by atoms with Crippen molar-refractivity contribution < 1.29 is 5.11 Å². The molecule has 0 aromatic carbocycles. The summed E-state index contributed by atoms with van der Waals surface area (Å²) in [6, 6.07) is 0.197. The van der Waals surface area contributed by atoms with E-state index in [0.29, 0.717) is 5.41 Å². The van der Waals surface area contributed by atoms with E-state index in [1.807, 2.05) is 0 Å². The fraction of sp³-hybridized carbons (Fsp3) is 1.00. The molecule has 0 radical (unpaired) electrons.